The van der Waals surface area contributed by atoms with E-state index in [0.29, 0.717) is 19.4 Å². The van der Waals surface area contributed by atoms with Crippen LogP contribution in [0.2, 0.25) is 0 Å². The maximum absolute atomic E-state index is 12.6. The molecule has 1 amide bonds. The molecule has 1 atom stereocenters. The molecule has 1 aromatic carbocycles. The first kappa shape index (κ1) is 15.7. The molecular weight excluding hydrogens is 281 g/mol. The molecule has 6 heteroatoms. The summed E-state index contributed by atoms with van der Waals surface area (Å²) in [5.74, 6) is -0.857. The second-order valence-corrected chi connectivity index (χ2v) is 5.31. The molecule has 116 valence electrons. The van der Waals surface area contributed by atoms with E-state index in [0.717, 1.165) is 16.2 Å². The van der Waals surface area contributed by atoms with E-state index in [1.807, 2.05) is 24.3 Å². The smallest absolute Gasteiger partial charge is 0.384 e. The van der Waals surface area contributed by atoms with Crippen molar-refractivity contribution in [2.45, 2.75) is 25.9 Å². The fourth-order valence-electron chi connectivity index (χ4n) is 2.63. The number of nitrogens with zero attached hydrogens (tertiary/aromatic N) is 1. The summed E-state index contributed by atoms with van der Waals surface area (Å²) < 4.78 is 37.8. The van der Waals surface area contributed by atoms with E-state index in [2.05, 4.69) is 5.32 Å². The Kier molecular flexibility index (Phi) is 4.75. The van der Waals surface area contributed by atoms with Gasteiger partial charge in [-0.05, 0) is 24.5 Å². The molecule has 2 rings (SSSR count). The molecule has 0 bridgehead atoms. The van der Waals surface area contributed by atoms with Crippen LogP contribution in [0.25, 0.3) is 0 Å². The van der Waals surface area contributed by atoms with E-state index in [9.17, 15) is 18.0 Å². The van der Waals surface area contributed by atoms with Crippen LogP contribution in [0.1, 0.15) is 18.9 Å². The van der Waals surface area contributed by atoms with Gasteiger partial charge in [-0.3, -0.25) is 4.79 Å². The first-order valence-electron chi connectivity index (χ1n) is 7.08. The van der Waals surface area contributed by atoms with Gasteiger partial charge in [0.2, 0.25) is 5.91 Å². The van der Waals surface area contributed by atoms with Crippen LogP contribution < -0.4 is 5.32 Å². The highest BCUT2D eigenvalue weighted by molar-refractivity contribution is 5.81. The summed E-state index contributed by atoms with van der Waals surface area (Å²) in [6.45, 7) is 1.12. The molecule has 1 aliphatic heterocycles. The number of carbonyl (C=O) groups excluding carboxylic acids is 1. The molecule has 0 aliphatic carbocycles. The monoisotopic (exact) mass is 300 g/mol. The van der Waals surface area contributed by atoms with Crippen LogP contribution in [0.4, 0.5) is 18.9 Å². The number of halogens is 3. The van der Waals surface area contributed by atoms with Gasteiger partial charge in [0.1, 0.15) is 6.54 Å². The van der Waals surface area contributed by atoms with E-state index in [4.69, 9.17) is 0 Å². The van der Waals surface area contributed by atoms with Crippen LogP contribution in [0.15, 0.2) is 24.3 Å². The Morgan fingerprint density at radius 1 is 1.38 bits per heavy atom. The second-order valence-electron chi connectivity index (χ2n) is 5.31. The topological polar surface area (TPSA) is 32.3 Å². The molecule has 21 heavy (non-hydrogen) atoms. The molecule has 0 fully saturated rings. The molecule has 0 saturated heterocycles. The second kappa shape index (κ2) is 6.37. The van der Waals surface area contributed by atoms with Gasteiger partial charge in [-0.25, -0.2) is 0 Å². The molecule has 1 heterocycles. The van der Waals surface area contributed by atoms with Gasteiger partial charge in [-0.1, -0.05) is 25.1 Å². The van der Waals surface area contributed by atoms with Gasteiger partial charge < -0.3 is 10.2 Å². The van der Waals surface area contributed by atoms with Crippen molar-refractivity contribution in [3.8, 4) is 0 Å². The lowest BCUT2D eigenvalue weighted by Crippen LogP contribution is -2.45. The number of hydrogen-bond donors (Lipinski definition) is 1. The third kappa shape index (κ3) is 4.12. The van der Waals surface area contributed by atoms with Crippen molar-refractivity contribution in [1.29, 1.82) is 0 Å². The SMILES string of the molecule is CCCN(CC(F)(F)F)C(=O)C1CNc2ccccc2C1. The van der Waals surface area contributed by atoms with Crippen LogP contribution in [-0.2, 0) is 11.2 Å². The maximum Gasteiger partial charge on any atom is 0.406 e. The van der Waals surface area contributed by atoms with Crippen molar-refractivity contribution >= 4 is 11.6 Å². The lowest BCUT2D eigenvalue weighted by atomic mass is 9.93. The van der Waals surface area contributed by atoms with Gasteiger partial charge in [0.05, 0.1) is 5.92 Å². The highest BCUT2D eigenvalue weighted by atomic mass is 19.4. The van der Waals surface area contributed by atoms with E-state index in [1.165, 1.54) is 0 Å². The Hall–Kier alpha value is -1.72. The highest BCUT2D eigenvalue weighted by Gasteiger charge is 2.35. The number of carbonyl (C=O) groups is 1. The maximum atomic E-state index is 12.6. The largest absolute Gasteiger partial charge is 0.406 e. The van der Waals surface area contributed by atoms with Crippen molar-refractivity contribution in [3.05, 3.63) is 29.8 Å². The number of alkyl halides is 3. The lowest BCUT2D eigenvalue weighted by molar-refractivity contribution is -0.163. The van der Waals surface area contributed by atoms with E-state index in [1.54, 1.807) is 6.92 Å². The Morgan fingerprint density at radius 3 is 2.76 bits per heavy atom. The minimum atomic E-state index is -4.36. The first-order chi connectivity index (χ1) is 9.90. The summed E-state index contributed by atoms with van der Waals surface area (Å²) in [4.78, 5) is 13.3. The van der Waals surface area contributed by atoms with E-state index in [-0.39, 0.29) is 6.54 Å². The van der Waals surface area contributed by atoms with Crippen LogP contribution in [-0.4, -0.2) is 36.6 Å². The lowest BCUT2D eigenvalue weighted by Gasteiger charge is -2.31. The van der Waals surface area contributed by atoms with Gasteiger partial charge >= 0.3 is 6.18 Å². The Bertz CT molecular complexity index is 502. The number of nitrogens with one attached hydrogen (secondary N) is 1. The Morgan fingerprint density at radius 2 is 2.10 bits per heavy atom. The molecule has 0 radical (unpaired) electrons. The summed E-state index contributed by atoms with van der Waals surface area (Å²) in [5.41, 5.74) is 1.94. The fraction of sp³-hybridized carbons (Fsp3) is 0.533. The normalized spacial score (nSPS) is 17.8. The molecule has 0 saturated carbocycles. The van der Waals surface area contributed by atoms with Crippen LogP contribution in [0, 0.1) is 5.92 Å². The van der Waals surface area contributed by atoms with Crippen molar-refractivity contribution < 1.29 is 18.0 Å². The van der Waals surface area contributed by atoms with E-state index >= 15 is 0 Å². The first-order valence-corrected chi connectivity index (χ1v) is 7.08. The number of fused-ring (bicyclic) bond motifs is 1. The molecule has 1 aromatic rings. The molecule has 1 N–H and O–H groups in total. The van der Waals surface area contributed by atoms with Crippen LogP contribution in [0.5, 0.6) is 0 Å². The minimum Gasteiger partial charge on any atom is -0.384 e. The number of anilines is 1. The van der Waals surface area contributed by atoms with Crippen molar-refractivity contribution in [3.63, 3.8) is 0 Å². The summed E-state index contributed by atoms with van der Waals surface area (Å²) in [7, 11) is 0. The number of amides is 1. The van der Waals surface area contributed by atoms with Gasteiger partial charge in [-0.2, -0.15) is 13.2 Å². The zero-order valence-corrected chi connectivity index (χ0v) is 11.9. The number of hydrogen-bond acceptors (Lipinski definition) is 2. The summed E-state index contributed by atoms with van der Waals surface area (Å²) >= 11 is 0. The standard InChI is InChI=1S/C15H19F3N2O/c1-2-7-20(10-15(16,17)18)14(21)12-8-11-5-3-4-6-13(11)19-9-12/h3-6,12,19H,2,7-10H2,1H3. The average Bonchev–Trinajstić information content (AvgIpc) is 2.44. The summed E-state index contributed by atoms with van der Waals surface area (Å²) in [5, 5.41) is 3.12. The molecular formula is C15H19F3N2O. The third-order valence-electron chi connectivity index (χ3n) is 3.55. The molecule has 1 unspecified atom stereocenters. The van der Waals surface area contributed by atoms with Gasteiger partial charge in [0.15, 0.2) is 0 Å². The van der Waals surface area contributed by atoms with Crippen molar-refractivity contribution in [2.24, 2.45) is 5.92 Å². The Balaban J connectivity index is 2.08. The summed E-state index contributed by atoms with van der Waals surface area (Å²) in [6.07, 6.45) is -3.36. The minimum absolute atomic E-state index is 0.135. The zero-order valence-electron chi connectivity index (χ0n) is 11.9. The third-order valence-corrected chi connectivity index (χ3v) is 3.55. The summed E-state index contributed by atoms with van der Waals surface area (Å²) in [6, 6.07) is 7.57. The average molecular weight is 300 g/mol. The van der Waals surface area contributed by atoms with Gasteiger partial charge in [0.25, 0.3) is 0 Å². The number of para-hydroxylation sites is 1. The molecule has 1 aliphatic rings. The predicted octanol–water partition coefficient (Wildman–Crippen LogP) is 3.07. The fourth-order valence-corrected chi connectivity index (χ4v) is 2.63. The van der Waals surface area contributed by atoms with E-state index < -0.39 is 24.5 Å². The number of rotatable bonds is 4. The van der Waals surface area contributed by atoms with Gasteiger partial charge in [-0.15, -0.1) is 0 Å². The number of benzene rings is 1. The molecule has 0 aromatic heterocycles. The van der Waals surface area contributed by atoms with Crippen LogP contribution in [0.3, 0.4) is 0 Å². The molecule has 0 spiro atoms. The predicted molar refractivity (Wildman–Crippen MR) is 75.1 cm³/mol. The van der Waals surface area contributed by atoms with Crippen LogP contribution >= 0.6 is 0 Å². The van der Waals surface area contributed by atoms with Crippen molar-refractivity contribution in [2.75, 3.05) is 25.0 Å². The van der Waals surface area contributed by atoms with Gasteiger partial charge in [0, 0.05) is 18.8 Å². The zero-order chi connectivity index (χ0) is 15.5. The van der Waals surface area contributed by atoms with Crippen molar-refractivity contribution in [1.82, 2.24) is 4.90 Å². The quantitative estimate of drug-likeness (QED) is 0.927. The molecule has 3 nitrogen and oxygen atoms in total. The Labute approximate surface area is 122 Å². The highest BCUT2D eigenvalue weighted by Crippen LogP contribution is 2.26.